The van der Waals surface area contributed by atoms with Crippen molar-refractivity contribution in [2.24, 2.45) is 11.8 Å². The van der Waals surface area contributed by atoms with Gasteiger partial charge < -0.3 is 10.6 Å². The average Bonchev–Trinajstić information content (AvgIpc) is 2.05. The van der Waals surface area contributed by atoms with Gasteiger partial charge in [0.1, 0.15) is 5.82 Å². The Hall–Kier alpha value is -1.32. The van der Waals surface area contributed by atoms with E-state index in [-0.39, 0.29) is 5.69 Å². The zero-order valence-corrected chi connectivity index (χ0v) is 9.50. The molecule has 16 heavy (non-hydrogen) atoms. The van der Waals surface area contributed by atoms with Crippen molar-refractivity contribution in [3.63, 3.8) is 0 Å². The maximum Gasteiger partial charge on any atom is 0.151 e. The van der Waals surface area contributed by atoms with Crippen molar-refractivity contribution in [3.05, 3.63) is 23.8 Å². The summed E-state index contributed by atoms with van der Waals surface area (Å²) in [6.07, 6.45) is 0. The number of hydrogen-bond acceptors (Lipinski definition) is 2. The zero-order valence-electron chi connectivity index (χ0n) is 9.50. The van der Waals surface area contributed by atoms with Crippen molar-refractivity contribution in [3.8, 4) is 0 Å². The summed E-state index contributed by atoms with van der Waals surface area (Å²) in [5, 5.41) is 0. The number of hydrogen-bond donors (Lipinski definition) is 1. The summed E-state index contributed by atoms with van der Waals surface area (Å²) >= 11 is 0. The highest BCUT2D eigenvalue weighted by atomic mass is 19.1. The Balaban J connectivity index is 2.18. The van der Waals surface area contributed by atoms with Gasteiger partial charge in [0.05, 0.1) is 11.4 Å². The maximum atomic E-state index is 13.5. The molecule has 0 bridgehead atoms. The van der Waals surface area contributed by atoms with Gasteiger partial charge >= 0.3 is 0 Å². The molecule has 1 fully saturated rings. The number of halogens is 2. The molecule has 2 rings (SSSR count). The van der Waals surface area contributed by atoms with Gasteiger partial charge in [0.2, 0.25) is 0 Å². The van der Waals surface area contributed by atoms with Crippen LogP contribution < -0.4 is 10.6 Å². The second-order valence-corrected chi connectivity index (χ2v) is 4.73. The number of nitrogens with zero attached hydrogens (tertiary/aromatic N) is 1. The lowest BCUT2D eigenvalue weighted by molar-refractivity contribution is 0.307. The van der Waals surface area contributed by atoms with Crippen LogP contribution in [0.5, 0.6) is 0 Å². The Morgan fingerprint density at radius 2 is 1.94 bits per heavy atom. The minimum atomic E-state index is -0.625. The fourth-order valence-corrected chi connectivity index (χ4v) is 2.04. The van der Waals surface area contributed by atoms with E-state index < -0.39 is 11.6 Å². The molecule has 2 nitrogen and oxygen atoms in total. The Kier molecular flexibility index (Phi) is 2.74. The second kappa shape index (κ2) is 3.92. The highest BCUT2D eigenvalue weighted by molar-refractivity contribution is 5.69. The van der Waals surface area contributed by atoms with Gasteiger partial charge in [0.25, 0.3) is 0 Å². The first-order valence-corrected chi connectivity index (χ1v) is 5.48. The first-order valence-electron chi connectivity index (χ1n) is 5.48. The summed E-state index contributed by atoms with van der Waals surface area (Å²) in [6.45, 7) is 5.88. The SMILES string of the molecule is CC(C)C1CN(c2c(N)cc(F)cc2F)C1. The molecule has 0 spiro atoms. The van der Waals surface area contributed by atoms with Gasteiger partial charge in [-0.3, -0.25) is 0 Å². The molecule has 1 aromatic carbocycles. The monoisotopic (exact) mass is 226 g/mol. The summed E-state index contributed by atoms with van der Waals surface area (Å²) in [7, 11) is 0. The summed E-state index contributed by atoms with van der Waals surface area (Å²) in [6, 6.07) is 2.05. The predicted molar refractivity (Wildman–Crippen MR) is 61.3 cm³/mol. The summed E-state index contributed by atoms with van der Waals surface area (Å²) in [5.41, 5.74) is 6.16. The van der Waals surface area contributed by atoms with Crippen molar-refractivity contribution < 1.29 is 8.78 Å². The van der Waals surface area contributed by atoms with E-state index in [1.54, 1.807) is 0 Å². The molecular formula is C12H16F2N2. The van der Waals surface area contributed by atoms with Gasteiger partial charge in [-0.2, -0.15) is 0 Å². The first kappa shape index (κ1) is 11.2. The molecule has 1 saturated heterocycles. The van der Waals surface area contributed by atoms with Crippen LogP contribution in [0.4, 0.5) is 20.2 Å². The van der Waals surface area contributed by atoms with Gasteiger partial charge in [-0.25, -0.2) is 8.78 Å². The molecule has 1 aliphatic heterocycles. The van der Waals surface area contributed by atoms with Crippen molar-refractivity contribution in [1.82, 2.24) is 0 Å². The van der Waals surface area contributed by atoms with E-state index in [1.165, 1.54) is 6.07 Å². The minimum Gasteiger partial charge on any atom is -0.397 e. The van der Waals surface area contributed by atoms with Gasteiger partial charge in [-0.1, -0.05) is 13.8 Å². The van der Waals surface area contributed by atoms with Crippen molar-refractivity contribution >= 4 is 11.4 Å². The van der Waals surface area contributed by atoms with E-state index in [0.29, 0.717) is 17.5 Å². The van der Waals surface area contributed by atoms with Crippen molar-refractivity contribution in [2.45, 2.75) is 13.8 Å². The molecule has 0 aromatic heterocycles. The van der Waals surface area contributed by atoms with E-state index in [1.807, 2.05) is 4.90 Å². The van der Waals surface area contributed by atoms with Crippen LogP contribution in [0, 0.1) is 23.5 Å². The van der Waals surface area contributed by atoms with Crippen LogP contribution in [-0.2, 0) is 0 Å². The molecule has 1 aliphatic rings. The van der Waals surface area contributed by atoms with E-state index >= 15 is 0 Å². The molecule has 0 aliphatic carbocycles. The second-order valence-electron chi connectivity index (χ2n) is 4.73. The number of anilines is 2. The number of benzene rings is 1. The third kappa shape index (κ3) is 1.84. The van der Waals surface area contributed by atoms with E-state index in [9.17, 15) is 8.78 Å². The molecule has 0 saturated carbocycles. The molecule has 88 valence electrons. The quantitative estimate of drug-likeness (QED) is 0.785. The summed E-state index contributed by atoms with van der Waals surface area (Å²) in [5.74, 6) is -0.0378. The van der Waals surface area contributed by atoms with Crippen LogP contribution in [0.2, 0.25) is 0 Å². The molecule has 0 unspecified atom stereocenters. The third-order valence-electron chi connectivity index (χ3n) is 3.23. The summed E-state index contributed by atoms with van der Waals surface area (Å²) in [4.78, 5) is 1.87. The molecule has 1 heterocycles. The zero-order chi connectivity index (χ0) is 11.9. The lowest BCUT2D eigenvalue weighted by atomic mass is 9.88. The van der Waals surface area contributed by atoms with Gasteiger partial charge in [-0.15, -0.1) is 0 Å². The normalized spacial score (nSPS) is 16.7. The smallest absolute Gasteiger partial charge is 0.151 e. The van der Waals surface area contributed by atoms with Crippen LogP contribution in [0.25, 0.3) is 0 Å². The lowest BCUT2D eigenvalue weighted by Crippen LogP contribution is -2.49. The molecule has 0 radical (unpaired) electrons. The van der Waals surface area contributed by atoms with Gasteiger partial charge in [0, 0.05) is 19.2 Å². The molecule has 0 atom stereocenters. The fourth-order valence-electron chi connectivity index (χ4n) is 2.04. The fraction of sp³-hybridized carbons (Fsp3) is 0.500. The van der Waals surface area contributed by atoms with Crippen molar-refractivity contribution in [2.75, 3.05) is 23.7 Å². The van der Waals surface area contributed by atoms with Crippen LogP contribution in [-0.4, -0.2) is 13.1 Å². The molecule has 4 heteroatoms. The third-order valence-corrected chi connectivity index (χ3v) is 3.23. The number of nitrogen functional groups attached to an aromatic ring is 1. The average molecular weight is 226 g/mol. The van der Waals surface area contributed by atoms with Gasteiger partial charge in [0.15, 0.2) is 5.82 Å². The van der Waals surface area contributed by atoms with E-state index in [2.05, 4.69) is 13.8 Å². The van der Waals surface area contributed by atoms with E-state index in [0.717, 1.165) is 19.2 Å². The minimum absolute atomic E-state index is 0.180. The van der Waals surface area contributed by atoms with Gasteiger partial charge in [-0.05, 0) is 17.9 Å². The number of nitrogens with two attached hydrogens (primary N) is 1. The van der Waals surface area contributed by atoms with Crippen LogP contribution in [0.15, 0.2) is 12.1 Å². The lowest BCUT2D eigenvalue weighted by Gasteiger charge is -2.43. The molecular weight excluding hydrogens is 210 g/mol. The Labute approximate surface area is 94.0 Å². The molecule has 1 aromatic rings. The maximum absolute atomic E-state index is 13.5. The predicted octanol–water partition coefficient (Wildman–Crippen LogP) is 2.64. The van der Waals surface area contributed by atoms with Crippen molar-refractivity contribution in [1.29, 1.82) is 0 Å². The Morgan fingerprint density at radius 1 is 1.31 bits per heavy atom. The van der Waals surface area contributed by atoms with Crippen LogP contribution in [0.1, 0.15) is 13.8 Å². The van der Waals surface area contributed by atoms with Crippen LogP contribution in [0.3, 0.4) is 0 Å². The Morgan fingerprint density at radius 3 is 2.44 bits per heavy atom. The largest absolute Gasteiger partial charge is 0.397 e. The molecule has 0 amide bonds. The van der Waals surface area contributed by atoms with E-state index in [4.69, 9.17) is 5.73 Å². The first-order chi connectivity index (χ1) is 7.49. The topological polar surface area (TPSA) is 29.3 Å². The highest BCUT2D eigenvalue weighted by Crippen LogP contribution is 2.35. The number of rotatable bonds is 2. The molecule has 2 N–H and O–H groups in total. The standard InChI is InChI=1S/C12H16F2N2/c1-7(2)8-5-16(6-8)12-10(14)3-9(13)4-11(12)15/h3-4,7-8H,5-6,15H2,1-2H3. The summed E-state index contributed by atoms with van der Waals surface area (Å²) < 4.78 is 26.4. The highest BCUT2D eigenvalue weighted by Gasteiger charge is 2.31. The van der Waals surface area contributed by atoms with Crippen LogP contribution >= 0.6 is 0 Å². The Bertz CT molecular complexity index is 375.